The van der Waals surface area contributed by atoms with E-state index in [1.54, 1.807) is 6.07 Å². The van der Waals surface area contributed by atoms with E-state index in [-0.39, 0.29) is 17.9 Å². The number of aromatic nitrogens is 2. The zero-order valence-corrected chi connectivity index (χ0v) is 16.8. The van der Waals surface area contributed by atoms with E-state index < -0.39 is 0 Å². The molecule has 152 valence electrons. The number of ether oxygens (including phenoxy) is 1. The second kappa shape index (κ2) is 9.80. The van der Waals surface area contributed by atoms with Gasteiger partial charge in [0.25, 0.3) is 5.56 Å². The van der Waals surface area contributed by atoms with Crippen molar-refractivity contribution in [3.63, 3.8) is 0 Å². The maximum absolute atomic E-state index is 12.5. The number of amides is 1. The lowest BCUT2D eigenvalue weighted by Crippen LogP contribution is -2.49. The van der Waals surface area contributed by atoms with Crippen LogP contribution < -0.4 is 10.9 Å². The van der Waals surface area contributed by atoms with Crippen LogP contribution in [0.5, 0.6) is 0 Å². The van der Waals surface area contributed by atoms with Crippen LogP contribution in [-0.4, -0.2) is 59.2 Å². The molecular weight excluding hydrogens is 356 g/mol. The first kappa shape index (κ1) is 20.5. The number of carbonyl (C=O) groups is 1. The number of para-hydroxylation sites is 1. The van der Waals surface area contributed by atoms with Crippen LogP contribution >= 0.6 is 0 Å². The number of aryl methyl sites for hydroxylation is 1. The minimum atomic E-state index is -0.107. The molecule has 1 N–H and O–H groups in total. The van der Waals surface area contributed by atoms with Crippen molar-refractivity contribution in [2.75, 3.05) is 32.8 Å². The number of rotatable bonds is 8. The first-order valence-electron chi connectivity index (χ1n) is 10.1. The molecule has 1 aliphatic heterocycles. The Bertz CT molecular complexity index is 843. The van der Waals surface area contributed by atoms with Gasteiger partial charge in [-0.25, -0.2) is 4.98 Å². The van der Waals surface area contributed by atoms with E-state index in [9.17, 15) is 9.59 Å². The second-order valence-electron chi connectivity index (χ2n) is 7.75. The number of benzene rings is 1. The topological polar surface area (TPSA) is 76.5 Å². The third-order valence-electron chi connectivity index (χ3n) is 5.15. The lowest BCUT2D eigenvalue weighted by molar-refractivity contribution is -0.121. The summed E-state index contributed by atoms with van der Waals surface area (Å²) in [4.78, 5) is 31.6. The number of hydrogen-bond donors (Lipinski definition) is 1. The van der Waals surface area contributed by atoms with Gasteiger partial charge in [-0.1, -0.05) is 26.0 Å². The largest absolute Gasteiger partial charge is 0.379 e. The molecule has 2 heterocycles. The summed E-state index contributed by atoms with van der Waals surface area (Å²) in [6.07, 6.45) is 2.82. The van der Waals surface area contributed by atoms with Crippen molar-refractivity contribution in [2.45, 2.75) is 39.3 Å². The fourth-order valence-electron chi connectivity index (χ4n) is 3.66. The standard InChI is InChI=1S/C21H30N4O3/c1-16(2)13-17(24-9-11-28-12-10-24)14-22-20(26)7-8-25-15-23-19-6-4-3-5-18(19)21(25)27/h3-6,15-17H,7-14H2,1-2H3,(H,22,26). The molecule has 1 atom stereocenters. The molecule has 1 aliphatic rings. The van der Waals surface area contributed by atoms with Crippen LogP contribution in [0.25, 0.3) is 10.9 Å². The van der Waals surface area contributed by atoms with Crippen molar-refractivity contribution in [3.8, 4) is 0 Å². The molecule has 1 unspecified atom stereocenters. The maximum atomic E-state index is 12.5. The summed E-state index contributed by atoms with van der Waals surface area (Å²) in [7, 11) is 0. The molecule has 0 bridgehead atoms. The van der Waals surface area contributed by atoms with Gasteiger partial charge in [0.2, 0.25) is 5.91 Å². The Kier molecular flexibility index (Phi) is 7.17. The molecule has 0 saturated carbocycles. The van der Waals surface area contributed by atoms with E-state index in [2.05, 4.69) is 29.0 Å². The van der Waals surface area contributed by atoms with Crippen LogP contribution in [0.2, 0.25) is 0 Å². The zero-order chi connectivity index (χ0) is 19.9. The first-order chi connectivity index (χ1) is 13.5. The zero-order valence-electron chi connectivity index (χ0n) is 16.8. The van der Waals surface area contributed by atoms with Crippen LogP contribution in [-0.2, 0) is 16.1 Å². The van der Waals surface area contributed by atoms with Crippen molar-refractivity contribution >= 4 is 16.8 Å². The van der Waals surface area contributed by atoms with Crippen molar-refractivity contribution in [1.29, 1.82) is 0 Å². The minimum absolute atomic E-state index is 0.0397. The van der Waals surface area contributed by atoms with Gasteiger partial charge < -0.3 is 10.1 Å². The van der Waals surface area contributed by atoms with Gasteiger partial charge in [-0.2, -0.15) is 0 Å². The van der Waals surface area contributed by atoms with E-state index in [0.29, 0.717) is 36.0 Å². The Hall–Kier alpha value is -2.25. The summed E-state index contributed by atoms with van der Waals surface area (Å²) in [5.41, 5.74) is 0.569. The third-order valence-corrected chi connectivity index (χ3v) is 5.15. The fraction of sp³-hybridized carbons (Fsp3) is 0.571. The van der Waals surface area contributed by atoms with Gasteiger partial charge in [-0.15, -0.1) is 0 Å². The van der Waals surface area contributed by atoms with Gasteiger partial charge >= 0.3 is 0 Å². The van der Waals surface area contributed by atoms with Crippen LogP contribution in [0.1, 0.15) is 26.7 Å². The molecule has 28 heavy (non-hydrogen) atoms. The Labute approximate surface area is 165 Å². The smallest absolute Gasteiger partial charge is 0.261 e. The first-order valence-corrected chi connectivity index (χ1v) is 10.1. The van der Waals surface area contributed by atoms with Gasteiger partial charge in [-0.3, -0.25) is 19.1 Å². The summed E-state index contributed by atoms with van der Waals surface area (Å²) in [6.45, 7) is 8.68. The average Bonchev–Trinajstić information content (AvgIpc) is 2.71. The predicted octanol–water partition coefficient (Wildman–Crippen LogP) is 1.65. The van der Waals surface area contributed by atoms with Crippen molar-refractivity contribution in [3.05, 3.63) is 40.9 Å². The highest BCUT2D eigenvalue weighted by atomic mass is 16.5. The summed E-state index contributed by atoms with van der Waals surface area (Å²) >= 11 is 0. The molecule has 7 nitrogen and oxygen atoms in total. The van der Waals surface area contributed by atoms with Gasteiger partial charge in [0.15, 0.2) is 0 Å². The molecule has 1 saturated heterocycles. The Morgan fingerprint density at radius 3 is 2.75 bits per heavy atom. The Balaban J connectivity index is 1.54. The Morgan fingerprint density at radius 1 is 1.25 bits per heavy atom. The van der Waals surface area contributed by atoms with Gasteiger partial charge in [0.1, 0.15) is 0 Å². The molecule has 0 radical (unpaired) electrons. The number of nitrogens with zero attached hydrogens (tertiary/aromatic N) is 3. The number of carbonyl (C=O) groups excluding carboxylic acids is 1. The van der Waals surface area contributed by atoms with Crippen LogP contribution in [0.4, 0.5) is 0 Å². The quantitative estimate of drug-likeness (QED) is 0.747. The molecule has 0 spiro atoms. The molecule has 1 amide bonds. The number of fused-ring (bicyclic) bond motifs is 1. The highest BCUT2D eigenvalue weighted by Crippen LogP contribution is 2.13. The maximum Gasteiger partial charge on any atom is 0.261 e. The molecule has 1 aromatic heterocycles. The van der Waals surface area contributed by atoms with E-state index in [0.717, 1.165) is 32.7 Å². The highest BCUT2D eigenvalue weighted by molar-refractivity contribution is 5.77. The Morgan fingerprint density at radius 2 is 2.00 bits per heavy atom. The monoisotopic (exact) mass is 386 g/mol. The van der Waals surface area contributed by atoms with Crippen LogP contribution in [0, 0.1) is 5.92 Å². The molecule has 2 aromatic rings. The molecule has 3 rings (SSSR count). The van der Waals surface area contributed by atoms with Crippen LogP contribution in [0.15, 0.2) is 35.4 Å². The normalized spacial score (nSPS) is 16.4. The van der Waals surface area contributed by atoms with E-state index in [1.807, 2.05) is 18.2 Å². The number of morpholine rings is 1. The number of hydrogen-bond acceptors (Lipinski definition) is 5. The molecule has 1 fully saturated rings. The molecule has 1 aromatic carbocycles. The summed E-state index contributed by atoms with van der Waals surface area (Å²) in [6, 6.07) is 7.57. The highest BCUT2D eigenvalue weighted by Gasteiger charge is 2.22. The molecule has 7 heteroatoms. The summed E-state index contributed by atoms with van der Waals surface area (Å²) in [5.74, 6) is 0.522. The average molecular weight is 386 g/mol. The fourth-order valence-corrected chi connectivity index (χ4v) is 3.66. The molecule has 0 aliphatic carbocycles. The predicted molar refractivity (Wildman–Crippen MR) is 109 cm³/mol. The van der Waals surface area contributed by atoms with Gasteiger partial charge in [0, 0.05) is 38.6 Å². The van der Waals surface area contributed by atoms with Crippen LogP contribution in [0.3, 0.4) is 0 Å². The van der Waals surface area contributed by atoms with Crippen molar-refractivity contribution in [1.82, 2.24) is 19.8 Å². The second-order valence-corrected chi connectivity index (χ2v) is 7.75. The third kappa shape index (κ3) is 5.39. The van der Waals surface area contributed by atoms with Crippen molar-refractivity contribution < 1.29 is 9.53 Å². The van der Waals surface area contributed by atoms with E-state index >= 15 is 0 Å². The lowest BCUT2D eigenvalue weighted by atomic mass is 10.0. The SMILES string of the molecule is CC(C)CC(CNC(=O)CCn1cnc2ccccc2c1=O)N1CCOCC1. The van der Waals surface area contributed by atoms with Crippen molar-refractivity contribution in [2.24, 2.45) is 5.92 Å². The number of nitrogens with one attached hydrogen (secondary N) is 1. The van der Waals surface area contributed by atoms with Gasteiger partial charge in [0.05, 0.1) is 30.4 Å². The summed E-state index contributed by atoms with van der Waals surface area (Å²) in [5, 5.41) is 3.63. The summed E-state index contributed by atoms with van der Waals surface area (Å²) < 4.78 is 6.95. The van der Waals surface area contributed by atoms with E-state index in [1.165, 1.54) is 10.9 Å². The van der Waals surface area contributed by atoms with E-state index in [4.69, 9.17) is 4.74 Å². The minimum Gasteiger partial charge on any atom is -0.379 e. The van der Waals surface area contributed by atoms with Gasteiger partial charge in [-0.05, 0) is 24.5 Å². The molecular formula is C21H30N4O3. The lowest BCUT2D eigenvalue weighted by Gasteiger charge is -2.35.